The maximum atomic E-state index is 12.8. The molecule has 4 nitrogen and oxygen atoms in total. The number of amides is 1. The Bertz CT molecular complexity index is 536. The molecule has 4 heteroatoms. The summed E-state index contributed by atoms with van der Waals surface area (Å²) in [4.78, 5) is 14.8. The number of hydrogen-bond acceptors (Lipinski definition) is 3. The van der Waals surface area contributed by atoms with E-state index < -0.39 is 5.60 Å². The lowest BCUT2D eigenvalue weighted by Crippen LogP contribution is -2.40. The Morgan fingerprint density at radius 1 is 1.42 bits per heavy atom. The van der Waals surface area contributed by atoms with Crippen LogP contribution in [0.25, 0.3) is 0 Å². The van der Waals surface area contributed by atoms with Crippen LogP contribution in [-0.4, -0.2) is 48.3 Å². The Morgan fingerprint density at radius 3 is 2.92 bits per heavy atom. The van der Waals surface area contributed by atoms with Gasteiger partial charge in [0.05, 0.1) is 5.60 Å². The van der Waals surface area contributed by atoms with E-state index in [1.165, 1.54) is 6.42 Å². The molecule has 0 spiro atoms. The van der Waals surface area contributed by atoms with Crippen LogP contribution in [0.3, 0.4) is 0 Å². The van der Waals surface area contributed by atoms with Crippen molar-refractivity contribution in [3.63, 3.8) is 0 Å². The van der Waals surface area contributed by atoms with Gasteiger partial charge < -0.3 is 14.7 Å². The number of methoxy groups -OCH3 is 1. The van der Waals surface area contributed by atoms with Crippen molar-refractivity contribution in [1.29, 1.82) is 0 Å². The zero-order chi connectivity index (χ0) is 17.6. The summed E-state index contributed by atoms with van der Waals surface area (Å²) in [6, 6.07) is 7.85. The minimum atomic E-state index is -0.679. The Kier molecular flexibility index (Phi) is 6.81. The molecule has 0 bridgehead atoms. The number of aliphatic hydroxyl groups is 1. The Balaban J connectivity index is 1.98. The van der Waals surface area contributed by atoms with Crippen molar-refractivity contribution < 1.29 is 14.6 Å². The van der Waals surface area contributed by atoms with Gasteiger partial charge >= 0.3 is 0 Å². The lowest BCUT2D eigenvalue weighted by atomic mass is 9.94. The number of likely N-dealkylation sites (tertiary alicyclic amines) is 1. The summed E-state index contributed by atoms with van der Waals surface area (Å²) in [5.41, 5.74) is 1.19. The summed E-state index contributed by atoms with van der Waals surface area (Å²) in [7, 11) is 1.73. The molecule has 0 unspecified atom stereocenters. The maximum Gasteiger partial charge on any atom is 0.253 e. The Labute approximate surface area is 145 Å². The molecule has 24 heavy (non-hydrogen) atoms. The van der Waals surface area contributed by atoms with Crippen LogP contribution in [-0.2, 0) is 11.2 Å². The normalized spacial score (nSPS) is 18.7. The van der Waals surface area contributed by atoms with E-state index in [1.807, 2.05) is 43.0 Å². The predicted molar refractivity (Wildman–Crippen MR) is 96.2 cm³/mol. The van der Waals surface area contributed by atoms with E-state index >= 15 is 0 Å². The highest BCUT2D eigenvalue weighted by atomic mass is 16.5. The van der Waals surface area contributed by atoms with Crippen molar-refractivity contribution in [1.82, 2.24) is 4.90 Å². The van der Waals surface area contributed by atoms with Crippen LogP contribution in [0.15, 0.2) is 24.3 Å². The topological polar surface area (TPSA) is 49.8 Å². The van der Waals surface area contributed by atoms with Gasteiger partial charge in [0.2, 0.25) is 0 Å². The second-order valence-electron chi connectivity index (χ2n) is 7.55. The van der Waals surface area contributed by atoms with E-state index in [9.17, 15) is 9.90 Å². The molecule has 1 atom stereocenters. The van der Waals surface area contributed by atoms with Crippen LogP contribution < -0.4 is 0 Å². The van der Waals surface area contributed by atoms with Crippen molar-refractivity contribution in [2.45, 2.75) is 51.6 Å². The first kappa shape index (κ1) is 18.9. The highest BCUT2D eigenvalue weighted by Gasteiger charge is 2.24. The number of carbonyl (C=O) groups excluding carboxylic acids is 1. The van der Waals surface area contributed by atoms with Gasteiger partial charge in [-0.2, -0.15) is 0 Å². The van der Waals surface area contributed by atoms with E-state index in [0.717, 1.165) is 50.1 Å². The standard InChI is InChI=1S/C20H31NO3/c1-20(2,23)11-9-16-6-4-8-18(14-16)19(22)21-12-5-7-17(15-21)10-13-24-3/h4,6,8,14,17,23H,5,7,9-13,15H2,1-3H3/t17-/m1/s1. The van der Waals surface area contributed by atoms with Crippen LogP contribution in [0, 0.1) is 5.92 Å². The average Bonchev–Trinajstić information content (AvgIpc) is 2.57. The van der Waals surface area contributed by atoms with E-state index in [0.29, 0.717) is 12.3 Å². The van der Waals surface area contributed by atoms with E-state index in [1.54, 1.807) is 7.11 Å². The number of rotatable bonds is 7. The summed E-state index contributed by atoms with van der Waals surface area (Å²) in [6.07, 6.45) is 4.73. The Morgan fingerprint density at radius 2 is 2.21 bits per heavy atom. The number of nitrogens with zero attached hydrogens (tertiary/aromatic N) is 1. The SMILES string of the molecule is COCC[C@H]1CCCN(C(=O)c2cccc(CCC(C)(C)O)c2)C1. The number of piperidine rings is 1. The number of aryl methyl sites for hydroxylation is 1. The van der Waals surface area contributed by atoms with Crippen LogP contribution in [0.2, 0.25) is 0 Å². The lowest BCUT2D eigenvalue weighted by molar-refractivity contribution is 0.0642. The number of carbonyl (C=O) groups is 1. The van der Waals surface area contributed by atoms with Crippen molar-refractivity contribution in [2.75, 3.05) is 26.8 Å². The van der Waals surface area contributed by atoms with Crippen LogP contribution in [0.5, 0.6) is 0 Å². The molecule has 0 saturated carbocycles. The molecule has 134 valence electrons. The second-order valence-corrected chi connectivity index (χ2v) is 7.55. The average molecular weight is 333 g/mol. The molecule has 0 radical (unpaired) electrons. The molecule has 1 saturated heterocycles. The fourth-order valence-electron chi connectivity index (χ4n) is 3.26. The van der Waals surface area contributed by atoms with E-state index in [4.69, 9.17) is 4.74 Å². The molecule has 1 aromatic carbocycles. The zero-order valence-electron chi connectivity index (χ0n) is 15.3. The second kappa shape index (κ2) is 8.63. The van der Waals surface area contributed by atoms with Gasteiger partial charge in [-0.3, -0.25) is 4.79 Å². The van der Waals surface area contributed by atoms with Crippen molar-refractivity contribution in [2.24, 2.45) is 5.92 Å². The highest BCUT2D eigenvalue weighted by molar-refractivity contribution is 5.94. The minimum Gasteiger partial charge on any atom is -0.390 e. The van der Waals surface area contributed by atoms with Crippen molar-refractivity contribution in [3.8, 4) is 0 Å². The monoisotopic (exact) mass is 333 g/mol. The third-order valence-electron chi connectivity index (χ3n) is 4.74. The van der Waals surface area contributed by atoms with Gasteiger partial charge in [0.25, 0.3) is 5.91 Å². The molecule has 1 heterocycles. The third-order valence-corrected chi connectivity index (χ3v) is 4.74. The van der Waals surface area contributed by atoms with Gasteiger partial charge in [0, 0.05) is 32.4 Å². The molecular weight excluding hydrogens is 302 g/mol. The zero-order valence-corrected chi connectivity index (χ0v) is 15.3. The number of benzene rings is 1. The number of ether oxygens (including phenoxy) is 1. The van der Waals surface area contributed by atoms with Crippen molar-refractivity contribution >= 4 is 5.91 Å². The molecule has 1 N–H and O–H groups in total. The first-order valence-electron chi connectivity index (χ1n) is 8.98. The summed E-state index contributed by atoms with van der Waals surface area (Å²) in [5, 5.41) is 9.88. The van der Waals surface area contributed by atoms with Crippen LogP contribution in [0.4, 0.5) is 0 Å². The first-order chi connectivity index (χ1) is 11.4. The van der Waals surface area contributed by atoms with Crippen LogP contribution in [0.1, 0.15) is 55.5 Å². The molecule has 2 rings (SSSR count). The van der Waals surface area contributed by atoms with Crippen LogP contribution >= 0.6 is 0 Å². The molecule has 1 amide bonds. The van der Waals surface area contributed by atoms with E-state index in [2.05, 4.69) is 0 Å². The summed E-state index contributed by atoms with van der Waals surface area (Å²) < 4.78 is 5.17. The van der Waals surface area contributed by atoms with Crippen molar-refractivity contribution in [3.05, 3.63) is 35.4 Å². The maximum absolute atomic E-state index is 12.8. The molecular formula is C20H31NO3. The molecule has 1 aliphatic heterocycles. The molecule has 1 aromatic rings. The lowest BCUT2D eigenvalue weighted by Gasteiger charge is -2.33. The quantitative estimate of drug-likeness (QED) is 0.833. The molecule has 0 aliphatic carbocycles. The van der Waals surface area contributed by atoms with Gasteiger partial charge in [-0.05, 0) is 69.6 Å². The largest absolute Gasteiger partial charge is 0.390 e. The molecule has 1 fully saturated rings. The summed E-state index contributed by atoms with van der Waals surface area (Å²) in [5.74, 6) is 0.670. The summed E-state index contributed by atoms with van der Waals surface area (Å²) >= 11 is 0. The van der Waals surface area contributed by atoms with Gasteiger partial charge in [-0.25, -0.2) is 0 Å². The Hall–Kier alpha value is -1.39. The van der Waals surface area contributed by atoms with E-state index in [-0.39, 0.29) is 5.91 Å². The summed E-state index contributed by atoms with van der Waals surface area (Å²) in [6.45, 7) is 6.07. The van der Waals surface area contributed by atoms with Gasteiger partial charge in [-0.1, -0.05) is 12.1 Å². The van der Waals surface area contributed by atoms with Gasteiger partial charge in [0.15, 0.2) is 0 Å². The van der Waals surface area contributed by atoms with Gasteiger partial charge in [0.1, 0.15) is 0 Å². The highest BCUT2D eigenvalue weighted by Crippen LogP contribution is 2.22. The third kappa shape index (κ3) is 5.91. The molecule has 1 aliphatic rings. The smallest absolute Gasteiger partial charge is 0.253 e. The fraction of sp³-hybridized carbons (Fsp3) is 0.650. The fourth-order valence-corrected chi connectivity index (χ4v) is 3.26. The minimum absolute atomic E-state index is 0.127. The predicted octanol–water partition coefficient (Wildman–Crippen LogP) is 3.28. The van der Waals surface area contributed by atoms with Gasteiger partial charge in [-0.15, -0.1) is 0 Å². The first-order valence-corrected chi connectivity index (χ1v) is 8.98. The number of hydrogen-bond donors (Lipinski definition) is 1. The molecule has 0 aromatic heterocycles.